The van der Waals surface area contributed by atoms with E-state index in [1.807, 2.05) is 0 Å². The van der Waals surface area contributed by atoms with E-state index in [0.717, 1.165) is 25.1 Å². The SMILES string of the molecule is CCNC1CCOC(C2CCCC2)C1. The van der Waals surface area contributed by atoms with Gasteiger partial charge in [-0.1, -0.05) is 19.8 Å². The molecule has 2 nitrogen and oxygen atoms in total. The molecule has 2 unspecified atom stereocenters. The summed E-state index contributed by atoms with van der Waals surface area (Å²) >= 11 is 0. The molecule has 0 aromatic carbocycles. The number of hydrogen-bond donors (Lipinski definition) is 1. The van der Waals surface area contributed by atoms with E-state index < -0.39 is 0 Å². The van der Waals surface area contributed by atoms with Gasteiger partial charge in [-0.25, -0.2) is 0 Å². The normalized spacial score (nSPS) is 34.9. The van der Waals surface area contributed by atoms with Crippen molar-refractivity contribution in [2.75, 3.05) is 13.2 Å². The molecule has 1 saturated carbocycles. The summed E-state index contributed by atoms with van der Waals surface area (Å²) in [6, 6.07) is 0.722. The Bertz CT molecular complexity index is 164. The topological polar surface area (TPSA) is 21.3 Å². The fourth-order valence-corrected chi connectivity index (χ4v) is 2.96. The molecule has 2 fully saturated rings. The highest BCUT2D eigenvalue weighted by atomic mass is 16.5. The van der Waals surface area contributed by atoms with Crippen molar-refractivity contribution < 1.29 is 4.74 Å². The Labute approximate surface area is 87.4 Å². The first-order chi connectivity index (χ1) is 6.90. The third-order valence-electron chi connectivity index (χ3n) is 3.73. The Balaban J connectivity index is 1.80. The number of rotatable bonds is 3. The fraction of sp³-hybridized carbons (Fsp3) is 1.00. The van der Waals surface area contributed by atoms with E-state index in [9.17, 15) is 0 Å². The minimum Gasteiger partial charge on any atom is -0.378 e. The van der Waals surface area contributed by atoms with E-state index in [1.165, 1.54) is 38.5 Å². The highest BCUT2D eigenvalue weighted by Gasteiger charge is 2.30. The van der Waals surface area contributed by atoms with Crippen molar-refractivity contribution in [3.8, 4) is 0 Å². The molecule has 1 aliphatic carbocycles. The monoisotopic (exact) mass is 197 g/mol. The number of nitrogens with one attached hydrogen (secondary N) is 1. The van der Waals surface area contributed by atoms with Crippen LogP contribution in [0.1, 0.15) is 45.4 Å². The van der Waals surface area contributed by atoms with Crippen molar-refractivity contribution in [1.82, 2.24) is 5.32 Å². The summed E-state index contributed by atoms with van der Waals surface area (Å²) in [5.74, 6) is 0.872. The van der Waals surface area contributed by atoms with Crippen molar-refractivity contribution in [2.45, 2.75) is 57.6 Å². The summed E-state index contributed by atoms with van der Waals surface area (Å²) in [7, 11) is 0. The van der Waals surface area contributed by atoms with Gasteiger partial charge in [0.2, 0.25) is 0 Å². The van der Waals surface area contributed by atoms with Gasteiger partial charge >= 0.3 is 0 Å². The zero-order valence-electron chi connectivity index (χ0n) is 9.30. The molecule has 2 aliphatic rings. The Morgan fingerprint density at radius 3 is 2.71 bits per heavy atom. The van der Waals surface area contributed by atoms with E-state index in [-0.39, 0.29) is 0 Å². The van der Waals surface area contributed by atoms with Gasteiger partial charge < -0.3 is 10.1 Å². The summed E-state index contributed by atoms with van der Waals surface area (Å²) in [6.45, 7) is 4.26. The van der Waals surface area contributed by atoms with Gasteiger partial charge in [0.05, 0.1) is 6.10 Å². The van der Waals surface area contributed by atoms with E-state index in [4.69, 9.17) is 4.74 Å². The van der Waals surface area contributed by atoms with Crippen LogP contribution in [-0.4, -0.2) is 25.3 Å². The zero-order valence-corrected chi connectivity index (χ0v) is 9.30. The first-order valence-electron chi connectivity index (χ1n) is 6.25. The van der Waals surface area contributed by atoms with Gasteiger partial charge in [0.1, 0.15) is 0 Å². The average Bonchev–Trinajstić information content (AvgIpc) is 2.71. The van der Waals surface area contributed by atoms with Crippen LogP contribution in [0, 0.1) is 5.92 Å². The minimum atomic E-state index is 0.565. The van der Waals surface area contributed by atoms with Crippen LogP contribution in [0.2, 0.25) is 0 Å². The molecule has 82 valence electrons. The minimum absolute atomic E-state index is 0.565. The van der Waals surface area contributed by atoms with Crippen LogP contribution < -0.4 is 5.32 Å². The Morgan fingerprint density at radius 2 is 2.00 bits per heavy atom. The molecule has 0 bridgehead atoms. The zero-order chi connectivity index (χ0) is 9.80. The largest absolute Gasteiger partial charge is 0.378 e. The van der Waals surface area contributed by atoms with Crippen LogP contribution in [0.3, 0.4) is 0 Å². The molecule has 1 aliphatic heterocycles. The first-order valence-corrected chi connectivity index (χ1v) is 6.25. The highest BCUT2D eigenvalue weighted by Crippen LogP contribution is 2.33. The van der Waals surface area contributed by atoms with Crippen molar-refractivity contribution in [3.05, 3.63) is 0 Å². The van der Waals surface area contributed by atoms with Crippen LogP contribution >= 0.6 is 0 Å². The van der Waals surface area contributed by atoms with E-state index in [0.29, 0.717) is 6.10 Å². The van der Waals surface area contributed by atoms with E-state index in [1.54, 1.807) is 0 Å². The van der Waals surface area contributed by atoms with Gasteiger partial charge in [0.15, 0.2) is 0 Å². The summed E-state index contributed by atoms with van der Waals surface area (Å²) in [5.41, 5.74) is 0. The summed E-state index contributed by atoms with van der Waals surface area (Å²) in [5, 5.41) is 3.56. The lowest BCUT2D eigenvalue weighted by Crippen LogP contribution is -2.41. The van der Waals surface area contributed by atoms with Crippen molar-refractivity contribution in [1.29, 1.82) is 0 Å². The summed E-state index contributed by atoms with van der Waals surface area (Å²) in [4.78, 5) is 0. The summed E-state index contributed by atoms with van der Waals surface area (Å²) < 4.78 is 5.90. The maximum Gasteiger partial charge on any atom is 0.0618 e. The number of hydrogen-bond acceptors (Lipinski definition) is 2. The highest BCUT2D eigenvalue weighted by molar-refractivity contribution is 4.83. The van der Waals surface area contributed by atoms with Crippen LogP contribution in [0.15, 0.2) is 0 Å². The van der Waals surface area contributed by atoms with Gasteiger partial charge in [-0.2, -0.15) is 0 Å². The van der Waals surface area contributed by atoms with Crippen LogP contribution in [-0.2, 0) is 4.74 Å². The molecule has 2 atom stereocenters. The van der Waals surface area contributed by atoms with Gasteiger partial charge in [-0.3, -0.25) is 0 Å². The molecule has 0 aromatic rings. The molecule has 14 heavy (non-hydrogen) atoms. The molecule has 1 N–H and O–H groups in total. The lowest BCUT2D eigenvalue weighted by molar-refractivity contribution is -0.0310. The number of ether oxygens (including phenoxy) is 1. The van der Waals surface area contributed by atoms with Gasteiger partial charge in [-0.05, 0) is 38.1 Å². The standard InChI is InChI=1S/C12H23NO/c1-2-13-11-7-8-14-12(9-11)10-5-3-4-6-10/h10-13H,2-9H2,1H3. The molecular formula is C12H23NO. The molecule has 0 aromatic heterocycles. The molecule has 0 amide bonds. The predicted octanol–water partition coefficient (Wildman–Crippen LogP) is 2.33. The molecule has 1 saturated heterocycles. The van der Waals surface area contributed by atoms with Gasteiger partial charge in [-0.15, -0.1) is 0 Å². The Morgan fingerprint density at radius 1 is 1.21 bits per heavy atom. The lowest BCUT2D eigenvalue weighted by Gasteiger charge is -2.33. The van der Waals surface area contributed by atoms with Gasteiger partial charge in [0.25, 0.3) is 0 Å². The Kier molecular flexibility index (Phi) is 3.82. The second kappa shape index (κ2) is 5.13. The maximum atomic E-state index is 5.90. The predicted molar refractivity (Wildman–Crippen MR) is 58.4 cm³/mol. The molecular weight excluding hydrogens is 174 g/mol. The van der Waals surface area contributed by atoms with E-state index >= 15 is 0 Å². The summed E-state index contributed by atoms with van der Waals surface area (Å²) in [6.07, 6.45) is 8.69. The van der Waals surface area contributed by atoms with Crippen LogP contribution in [0.4, 0.5) is 0 Å². The first kappa shape index (κ1) is 10.4. The second-order valence-corrected chi connectivity index (χ2v) is 4.73. The van der Waals surface area contributed by atoms with Crippen LogP contribution in [0.25, 0.3) is 0 Å². The smallest absolute Gasteiger partial charge is 0.0618 e. The van der Waals surface area contributed by atoms with Crippen LogP contribution in [0.5, 0.6) is 0 Å². The molecule has 2 rings (SSSR count). The fourth-order valence-electron chi connectivity index (χ4n) is 2.96. The third kappa shape index (κ3) is 2.48. The van der Waals surface area contributed by atoms with Crippen molar-refractivity contribution in [2.24, 2.45) is 5.92 Å². The molecule has 2 heteroatoms. The van der Waals surface area contributed by atoms with Crippen molar-refractivity contribution >= 4 is 0 Å². The van der Waals surface area contributed by atoms with Gasteiger partial charge in [0, 0.05) is 12.6 Å². The van der Waals surface area contributed by atoms with Crippen molar-refractivity contribution in [3.63, 3.8) is 0 Å². The van der Waals surface area contributed by atoms with E-state index in [2.05, 4.69) is 12.2 Å². The quantitative estimate of drug-likeness (QED) is 0.750. The lowest BCUT2D eigenvalue weighted by atomic mass is 9.92. The second-order valence-electron chi connectivity index (χ2n) is 4.73. The third-order valence-corrected chi connectivity index (χ3v) is 3.73. The molecule has 0 radical (unpaired) electrons. The molecule has 1 heterocycles. The average molecular weight is 197 g/mol. The molecule has 0 spiro atoms. The maximum absolute atomic E-state index is 5.90. The Hall–Kier alpha value is -0.0800.